The summed E-state index contributed by atoms with van der Waals surface area (Å²) in [6.45, 7) is 3.84. The summed E-state index contributed by atoms with van der Waals surface area (Å²) in [5, 5.41) is 20.0. The van der Waals surface area contributed by atoms with E-state index in [9.17, 15) is 35.9 Å². The van der Waals surface area contributed by atoms with E-state index in [2.05, 4.69) is 52.6 Å². The van der Waals surface area contributed by atoms with Crippen molar-refractivity contribution in [2.45, 2.75) is 76.7 Å². The molecule has 0 saturated carbocycles. The molecule has 16 heteroatoms. The number of imidazole rings is 1. The van der Waals surface area contributed by atoms with Crippen LogP contribution in [0.2, 0.25) is 0 Å². The summed E-state index contributed by atoms with van der Waals surface area (Å²) >= 11 is 0. The summed E-state index contributed by atoms with van der Waals surface area (Å²) in [6, 6.07) is 14.6. The summed E-state index contributed by atoms with van der Waals surface area (Å²) in [5.74, 6) is -4.19. The van der Waals surface area contributed by atoms with Gasteiger partial charge in [-0.15, -0.1) is 0 Å². The lowest BCUT2D eigenvalue weighted by Crippen LogP contribution is -2.40. The SMILES string of the molecule is CCC(=O)CCCCC[C@H](NC(=O)C1CCN(C)CC1)c1ncc(-c2ccc3ccccc3c2)[nH]1.O=C(O)C(F)(F)F.O=C(O)C(F)(F)F. The number of H-pyrrole nitrogens is 1. The minimum Gasteiger partial charge on any atom is -0.475 e. The molecule has 270 valence electrons. The molecule has 10 nitrogen and oxygen atoms in total. The van der Waals surface area contributed by atoms with Crippen molar-refractivity contribution in [2.75, 3.05) is 20.1 Å². The van der Waals surface area contributed by atoms with Crippen LogP contribution in [0, 0.1) is 5.92 Å². The first-order chi connectivity index (χ1) is 22.9. The van der Waals surface area contributed by atoms with Gasteiger partial charge < -0.3 is 25.4 Å². The highest BCUT2D eigenvalue weighted by Crippen LogP contribution is 2.27. The minimum absolute atomic E-state index is 0.0609. The van der Waals surface area contributed by atoms with Crippen LogP contribution in [-0.4, -0.2) is 81.2 Å². The van der Waals surface area contributed by atoms with Gasteiger partial charge in [-0.1, -0.05) is 56.2 Å². The van der Waals surface area contributed by atoms with Gasteiger partial charge in [0, 0.05) is 24.3 Å². The third-order valence-electron chi connectivity index (χ3n) is 7.72. The Morgan fingerprint density at radius 2 is 1.49 bits per heavy atom. The number of carbonyl (C=O) groups excluding carboxylic acids is 2. The number of aromatic nitrogens is 2. The van der Waals surface area contributed by atoms with Crippen LogP contribution in [0.5, 0.6) is 0 Å². The molecule has 1 aliphatic rings. The number of hydrogen-bond acceptors (Lipinski definition) is 6. The maximum atomic E-state index is 13.1. The van der Waals surface area contributed by atoms with Crippen LogP contribution in [0.3, 0.4) is 0 Å². The number of carbonyl (C=O) groups is 4. The number of nitrogens with zero attached hydrogens (tertiary/aromatic N) is 2. The number of alkyl halides is 6. The van der Waals surface area contributed by atoms with Gasteiger partial charge in [0.25, 0.3) is 0 Å². The van der Waals surface area contributed by atoms with E-state index in [1.54, 1.807) is 0 Å². The molecule has 0 bridgehead atoms. The van der Waals surface area contributed by atoms with Gasteiger partial charge in [-0.25, -0.2) is 14.6 Å². The van der Waals surface area contributed by atoms with E-state index >= 15 is 0 Å². The zero-order valence-electron chi connectivity index (χ0n) is 27.0. The number of rotatable bonds is 11. The zero-order chi connectivity index (χ0) is 36.8. The third-order valence-corrected chi connectivity index (χ3v) is 7.72. The normalized spacial score (nSPS) is 14.5. The number of aliphatic carboxylic acids is 2. The number of piperidine rings is 1. The molecule has 1 amide bonds. The van der Waals surface area contributed by atoms with Crippen LogP contribution in [0.25, 0.3) is 22.0 Å². The third kappa shape index (κ3) is 14.3. The van der Waals surface area contributed by atoms with Crippen LogP contribution in [0.4, 0.5) is 26.3 Å². The maximum absolute atomic E-state index is 13.1. The molecule has 1 atom stereocenters. The first kappa shape index (κ1) is 40.7. The van der Waals surface area contributed by atoms with E-state index in [0.29, 0.717) is 18.6 Å². The average molecular weight is 703 g/mol. The highest BCUT2D eigenvalue weighted by atomic mass is 19.4. The molecule has 0 unspecified atom stereocenters. The molecule has 1 fully saturated rings. The van der Waals surface area contributed by atoms with Crippen LogP contribution in [-0.2, 0) is 19.2 Å². The Bertz CT molecular complexity index is 1510. The van der Waals surface area contributed by atoms with Gasteiger partial charge in [-0.3, -0.25) is 9.59 Å². The van der Waals surface area contributed by atoms with Crippen molar-refractivity contribution >= 4 is 34.4 Å². The Hall–Kier alpha value is -4.47. The number of unbranched alkanes of at least 4 members (excludes halogenated alkanes) is 2. The number of hydrogen-bond donors (Lipinski definition) is 4. The highest BCUT2D eigenvalue weighted by Gasteiger charge is 2.39. The van der Waals surface area contributed by atoms with Gasteiger partial charge in [0.2, 0.25) is 5.91 Å². The molecule has 4 rings (SSSR count). The summed E-state index contributed by atoms with van der Waals surface area (Å²) in [5.41, 5.74) is 2.04. The van der Waals surface area contributed by atoms with Crippen LogP contribution in [0.1, 0.15) is 70.2 Å². The van der Waals surface area contributed by atoms with Crippen molar-refractivity contribution in [1.82, 2.24) is 20.2 Å². The van der Waals surface area contributed by atoms with Gasteiger partial charge in [-0.05, 0) is 62.7 Å². The maximum Gasteiger partial charge on any atom is 0.490 e. The molecule has 49 heavy (non-hydrogen) atoms. The molecular formula is C33H40F6N4O6. The van der Waals surface area contributed by atoms with Crippen molar-refractivity contribution in [3.8, 4) is 11.3 Å². The lowest BCUT2D eigenvalue weighted by Gasteiger charge is -2.29. The van der Waals surface area contributed by atoms with Crippen molar-refractivity contribution in [2.24, 2.45) is 5.92 Å². The fourth-order valence-electron chi connectivity index (χ4n) is 4.88. The number of nitrogens with one attached hydrogen (secondary N) is 2. The summed E-state index contributed by atoms with van der Waals surface area (Å²) in [6.07, 6.45) is -1.61. The number of likely N-dealkylation sites (tertiary alicyclic amines) is 1. The van der Waals surface area contributed by atoms with Gasteiger partial charge in [-0.2, -0.15) is 26.3 Å². The number of carboxylic acid groups (broad SMARTS) is 2. The smallest absolute Gasteiger partial charge is 0.475 e. The number of fused-ring (bicyclic) bond motifs is 1. The lowest BCUT2D eigenvalue weighted by molar-refractivity contribution is -0.193. The quantitative estimate of drug-likeness (QED) is 0.124. The minimum atomic E-state index is -5.08. The van der Waals surface area contributed by atoms with Gasteiger partial charge in [0.15, 0.2) is 0 Å². The van der Waals surface area contributed by atoms with E-state index in [-0.39, 0.29) is 17.9 Å². The molecule has 4 N–H and O–H groups in total. The highest BCUT2D eigenvalue weighted by molar-refractivity contribution is 5.86. The molecule has 0 radical (unpaired) electrons. The van der Waals surface area contributed by atoms with Crippen molar-refractivity contribution in [3.05, 3.63) is 54.5 Å². The lowest BCUT2D eigenvalue weighted by atomic mass is 9.95. The fourth-order valence-corrected chi connectivity index (χ4v) is 4.88. The second kappa shape index (κ2) is 18.9. The second-order valence-corrected chi connectivity index (χ2v) is 11.5. The zero-order valence-corrected chi connectivity index (χ0v) is 27.0. The first-order valence-electron chi connectivity index (χ1n) is 15.6. The monoisotopic (exact) mass is 702 g/mol. The Balaban J connectivity index is 0.000000500. The van der Waals surface area contributed by atoms with Gasteiger partial charge in [0.1, 0.15) is 11.6 Å². The number of benzene rings is 2. The van der Waals surface area contributed by atoms with Gasteiger partial charge in [0.05, 0.1) is 17.9 Å². The number of ketones is 1. The molecule has 2 aromatic carbocycles. The fraction of sp³-hybridized carbons (Fsp3) is 0.485. The summed E-state index contributed by atoms with van der Waals surface area (Å²) in [7, 11) is 2.11. The molecule has 0 spiro atoms. The van der Waals surface area contributed by atoms with Crippen molar-refractivity contribution < 1.29 is 55.7 Å². The predicted octanol–water partition coefficient (Wildman–Crippen LogP) is 6.93. The Labute approximate surface area is 278 Å². The van der Waals surface area contributed by atoms with Crippen LogP contribution >= 0.6 is 0 Å². The number of Topliss-reactive ketones (excluding diaryl/α,β-unsaturated/α-hetero) is 1. The Morgan fingerprint density at radius 3 is 2.04 bits per heavy atom. The van der Waals surface area contributed by atoms with Crippen molar-refractivity contribution in [3.63, 3.8) is 0 Å². The van der Waals surface area contributed by atoms with E-state index in [0.717, 1.165) is 68.7 Å². The van der Waals surface area contributed by atoms with Gasteiger partial charge >= 0.3 is 24.3 Å². The van der Waals surface area contributed by atoms with E-state index in [1.165, 1.54) is 10.8 Å². The molecule has 1 aliphatic heterocycles. The molecule has 2 heterocycles. The van der Waals surface area contributed by atoms with Crippen LogP contribution < -0.4 is 5.32 Å². The van der Waals surface area contributed by atoms with E-state index in [1.807, 2.05) is 25.3 Å². The standard InChI is InChI=1S/C29H38N4O2.2C2HF3O2/c1-3-25(34)11-5-4-6-12-26(32-29(35)22-15-17-33(2)18-16-22)28-30-20-27(31-28)24-14-13-21-9-7-8-10-23(21)19-24;2*3-2(4,5)1(6)7/h7-10,13-14,19-20,22,26H,3-6,11-12,15-18H2,1-2H3,(H,30,31)(H,32,35);2*(H,6,7)/t26-;;/m0../s1. The largest absolute Gasteiger partial charge is 0.490 e. The topological polar surface area (TPSA) is 153 Å². The van der Waals surface area contributed by atoms with Crippen molar-refractivity contribution in [1.29, 1.82) is 0 Å². The number of aromatic amines is 1. The number of amides is 1. The number of halogens is 6. The van der Waals surface area contributed by atoms with Crippen LogP contribution in [0.15, 0.2) is 48.7 Å². The number of carboxylic acids is 2. The molecular weight excluding hydrogens is 662 g/mol. The average Bonchev–Trinajstić information content (AvgIpc) is 3.54. The molecule has 0 aliphatic carbocycles. The molecule has 1 saturated heterocycles. The molecule has 1 aromatic heterocycles. The Morgan fingerprint density at radius 1 is 0.918 bits per heavy atom. The molecule has 3 aromatic rings. The van der Waals surface area contributed by atoms with E-state index < -0.39 is 24.3 Å². The first-order valence-corrected chi connectivity index (χ1v) is 15.6. The second-order valence-electron chi connectivity index (χ2n) is 11.5. The summed E-state index contributed by atoms with van der Waals surface area (Å²) in [4.78, 5) is 53.0. The summed E-state index contributed by atoms with van der Waals surface area (Å²) < 4.78 is 63.5. The Kier molecular flexibility index (Phi) is 15.7. The predicted molar refractivity (Wildman–Crippen MR) is 168 cm³/mol. The van der Waals surface area contributed by atoms with E-state index in [4.69, 9.17) is 24.8 Å².